The van der Waals surface area contributed by atoms with Gasteiger partial charge < -0.3 is 19.0 Å². The molecule has 2 heterocycles. The number of hydrogen-bond donors (Lipinski definition) is 1. The van der Waals surface area contributed by atoms with Gasteiger partial charge in [-0.3, -0.25) is 4.79 Å². The van der Waals surface area contributed by atoms with E-state index >= 15 is 0 Å². The number of ether oxygens (including phenoxy) is 2. The summed E-state index contributed by atoms with van der Waals surface area (Å²) in [5.74, 6) is 0.656. The van der Waals surface area contributed by atoms with E-state index in [9.17, 15) is 14.7 Å². The van der Waals surface area contributed by atoms with Gasteiger partial charge in [0.25, 0.3) is 5.56 Å². The lowest BCUT2D eigenvalue weighted by Crippen LogP contribution is -2.23. The van der Waals surface area contributed by atoms with E-state index in [1.165, 1.54) is 11.6 Å². The smallest absolute Gasteiger partial charge is 0.344 e. The van der Waals surface area contributed by atoms with Crippen LogP contribution in [0, 0.1) is 7.14 Å². The highest BCUT2D eigenvalue weighted by molar-refractivity contribution is 14.1. The minimum Gasteiger partial charge on any atom is -0.496 e. The van der Waals surface area contributed by atoms with Gasteiger partial charge in [-0.05, 0) is 100 Å². The lowest BCUT2D eigenvalue weighted by atomic mass is 10.2. The van der Waals surface area contributed by atoms with Crippen LogP contribution in [0.4, 0.5) is 0 Å². The highest BCUT2D eigenvalue weighted by Crippen LogP contribution is 2.33. The zero-order valence-electron chi connectivity index (χ0n) is 20.0. The number of furan rings is 1. The fourth-order valence-electron chi connectivity index (χ4n) is 3.83. The van der Waals surface area contributed by atoms with E-state index in [-0.39, 0.29) is 11.4 Å². The molecule has 3 aromatic carbocycles. The normalized spacial score (nSPS) is 12.3. The maximum atomic E-state index is 13.5. The number of carboxylic acid groups (broad SMARTS) is 1. The largest absolute Gasteiger partial charge is 0.496 e. The molecule has 0 aliphatic heterocycles. The van der Waals surface area contributed by atoms with E-state index in [4.69, 9.17) is 18.9 Å². The van der Waals surface area contributed by atoms with Crippen LogP contribution in [-0.2, 0) is 4.79 Å². The molecule has 0 radical (unpaired) electrons. The molecular weight excluding hydrogens is 716 g/mol. The molecule has 0 aliphatic carbocycles. The Hall–Kier alpha value is -3.46. The molecule has 1 N–H and O–H groups in total. The first-order chi connectivity index (χ1) is 18.3. The Kier molecular flexibility index (Phi) is 7.38. The number of methoxy groups -OCH3 is 1. The number of carbonyl (C=O) groups is 1. The fourth-order valence-corrected chi connectivity index (χ4v) is 5.90. The molecule has 38 heavy (non-hydrogen) atoms. The van der Waals surface area contributed by atoms with Crippen LogP contribution < -0.4 is 15.0 Å². The molecule has 192 valence electrons. The number of nitrogens with zero attached hydrogens (tertiary/aromatic N) is 3. The summed E-state index contributed by atoms with van der Waals surface area (Å²) in [6, 6.07) is 17.9. The molecule has 2 aromatic heterocycles. The summed E-state index contributed by atoms with van der Waals surface area (Å²) < 4.78 is 19.7. The highest BCUT2D eigenvalue weighted by atomic mass is 127. The van der Waals surface area contributed by atoms with Crippen molar-refractivity contribution in [3.8, 4) is 23.1 Å². The van der Waals surface area contributed by atoms with Crippen molar-refractivity contribution in [1.29, 1.82) is 0 Å². The van der Waals surface area contributed by atoms with Gasteiger partial charge in [-0.25, -0.2) is 9.78 Å². The number of fused-ring (bicyclic) bond motifs is 2. The minimum absolute atomic E-state index is 0.239. The number of aliphatic carboxylic acids is 1. The van der Waals surface area contributed by atoms with Gasteiger partial charge in [-0.1, -0.05) is 18.2 Å². The van der Waals surface area contributed by atoms with Crippen molar-refractivity contribution >= 4 is 79.2 Å². The number of benzene rings is 3. The number of hydrogen-bond acceptors (Lipinski definition) is 7. The summed E-state index contributed by atoms with van der Waals surface area (Å²) in [5, 5.41) is 14.8. The van der Waals surface area contributed by atoms with Crippen molar-refractivity contribution in [2.24, 2.45) is 5.10 Å². The molecule has 0 amide bonds. The third kappa shape index (κ3) is 4.99. The van der Waals surface area contributed by atoms with Crippen molar-refractivity contribution in [2.75, 3.05) is 7.11 Å². The van der Waals surface area contributed by atoms with E-state index < -0.39 is 12.1 Å². The van der Waals surface area contributed by atoms with E-state index in [0.29, 0.717) is 46.4 Å². The van der Waals surface area contributed by atoms with Gasteiger partial charge in [-0.15, -0.1) is 0 Å². The molecule has 1 atom stereocenters. The van der Waals surface area contributed by atoms with Gasteiger partial charge in [0, 0.05) is 0 Å². The fraction of sp³-hybridized carbons (Fsp3) is 0.111. The van der Waals surface area contributed by atoms with Gasteiger partial charge in [0.05, 0.1) is 36.8 Å². The van der Waals surface area contributed by atoms with Gasteiger partial charge in [0.2, 0.25) is 5.82 Å². The number of para-hydroxylation sites is 1. The summed E-state index contributed by atoms with van der Waals surface area (Å²) in [7, 11) is 1.58. The van der Waals surface area contributed by atoms with Crippen LogP contribution in [0.5, 0.6) is 11.5 Å². The Morgan fingerprint density at radius 2 is 1.84 bits per heavy atom. The standard InChI is InChI=1S/C27H19I2N3O6/c1-14(27(34)35)37-24-18(28)10-15(11-19(24)29)13-30-32-25(31-20-7-4-3-6-16(20)26(32)33)23-12-17-21(36-2)8-5-9-22(17)38-23/h3-14H,1-2H3,(H,34,35)/t14-/m0/s1. The van der Waals surface area contributed by atoms with Crippen LogP contribution in [0.15, 0.2) is 75.0 Å². The second-order valence-corrected chi connectivity index (χ2v) is 10.5. The van der Waals surface area contributed by atoms with Crippen molar-refractivity contribution in [1.82, 2.24) is 9.66 Å². The maximum absolute atomic E-state index is 13.5. The number of rotatable bonds is 7. The lowest BCUT2D eigenvalue weighted by Gasteiger charge is -2.14. The van der Waals surface area contributed by atoms with Crippen LogP contribution in [0.3, 0.4) is 0 Å². The Bertz CT molecular complexity index is 1770. The van der Waals surface area contributed by atoms with Gasteiger partial charge in [0.15, 0.2) is 11.9 Å². The number of halogens is 2. The zero-order chi connectivity index (χ0) is 27.0. The predicted octanol–water partition coefficient (Wildman–Crippen LogP) is 5.76. The number of carboxylic acids is 1. The quantitative estimate of drug-likeness (QED) is 0.167. The van der Waals surface area contributed by atoms with E-state index in [1.54, 1.807) is 49.7 Å². The topological polar surface area (TPSA) is 116 Å². The zero-order valence-corrected chi connectivity index (χ0v) is 24.3. The first-order valence-corrected chi connectivity index (χ1v) is 13.4. The van der Waals surface area contributed by atoms with Crippen LogP contribution in [0.25, 0.3) is 33.5 Å². The van der Waals surface area contributed by atoms with Crippen molar-refractivity contribution in [3.63, 3.8) is 0 Å². The number of aromatic nitrogens is 2. The molecule has 0 saturated heterocycles. The van der Waals surface area contributed by atoms with E-state index in [2.05, 4.69) is 50.3 Å². The molecule has 0 unspecified atom stereocenters. The third-order valence-electron chi connectivity index (χ3n) is 5.70. The average molecular weight is 735 g/mol. The second kappa shape index (κ2) is 10.7. The first kappa shape index (κ1) is 26.2. The lowest BCUT2D eigenvalue weighted by molar-refractivity contribution is -0.144. The molecule has 0 bridgehead atoms. The Morgan fingerprint density at radius 3 is 2.55 bits per heavy atom. The molecule has 0 fully saturated rings. The summed E-state index contributed by atoms with van der Waals surface area (Å²) in [5.41, 5.74) is 1.44. The van der Waals surface area contributed by atoms with Crippen molar-refractivity contribution in [2.45, 2.75) is 13.0 Å². The highest BCUT2D eigenvalue weighted by Gasteiger charge is 2.19. The van der Waals surface area contributed by atoms with Gasteiger partial charge in [0.1, 0.15) is 17.1 Å². The van der Waals surface area contributed by atoms with Crippen LogP contribution in [-0.4, -0.2) is 40.2 Å². The molecule has 5 aromatic rings. The first-order valence-electron chi connectivity index (χ1n) is 11.3. The summed E-state index contributed by atoms with van der Waals surface area (Å²) in [4.78, 5) is 29.4. The molecule has 0 spiro atoms. The summed E-state index contributed by atoms with van der Waals surface area (Å²) in [6.45, 7) is 1.47. The predicted molar refractivity (Wildman–Crippen MR) is 160 cm³/mol. The molecule has 5 rings (SSSR count). The molecule has 11 heteroatoms. The van der Waals surface area contributed by atoms with E-state index in [0.717, 1.165) is 5.39 Å². The maximum Gasteiger partial charge on any atom is 0.344 e. The Balaban J connectivity index is 1.63. The van der Waals surface area contributed by atoms with Crippen LogP contribution >= 0.6 is 45.2 Å². The van der Waals surface area contributed by atoms with Crippen LogP contribution in [0.2, 0.25) is 0 Å². The SMILES string of the molecule is COc1cccc2oc(-c3nc4ccccc4c(=O)n3N=Cc3cc(I)c(O[C@@H](C)C(=O)O)c(I)c3)cc12. The molecule has 0 saturated carbocycles. The van der Waals surface area contributed by atoms with Gasteiger partial charge >= 0.3 is 5.97 Å². The Morgan fingerprint density at radius 1 is 1.11 bits per heavy atom. The average Bonchev–Trinajstić information content (AvgIpc) is 3.34. The molecular formula is C27H19I2N3O6. The van der Waals surface area contributed by atoms with E-state index in [1.807, 2.05) is 24.3 Å². The molecule has 9 nitrogen and oxygen atoms in total. The summed E-state index contributed by atoms with van der Waals surface area (Å²) >= 11 is 4.16. The van der Waals surface area contributed by atoms with Crippen LogP contribution in [0.1, 0.15) is 12.5 Å². The summed E-state index contributed by atoms with van der Waals surface area (Å²) in [6.07, 6.45) is 0.545. The van der Waals surface area contributed by atoms with Crippen molar-refractivity contribution < 1.29 is 23.8 Å². The monoisotopic (exact) mass is 735 g/mol. The second-order valence-electron chi connectivity index (χ2n) is 8.21. The molecule has 0 aliphatic rings. The Labute approximate surface area is 243 Å². The van der Waals surface area contributed by atoms with Gasteiger partial charge in [-0.2, -0.15) is 9.78 Å². The third-order valence-corrected chi connectivity index (χ3v) is 7.30. The minimum atomic E-state index is -1.05. The van der Waals surface area contributed by atoms with Crippen molar-refractivity contribution in [3.05, 3.63) is 83.7 Å².